The van der Waals surface area contributed by atoms with Crippen LogP contribution in [-0.2, 0) is 14.8 Å². The smallest absolute Gasteiger partial charge is 0.276 e. The number of amides is 1. The summed E-state index contributed by atoms with van der Waals surface area (Å²) < 4.78 is 24.3. The lowest BCUT2D eigenvalue weighted by atomic mass is 10.1. The van der Waals surface area contributed by atoms with Crippen LogP contribution in [0.5, 0.6) is 0 Å². The molecule has 1 aromatic rings. The fourth-order valence-electron chi connectivity index (χ4n) is 1.79. The van der Waals surface area contributed by atoms with E-state index in [1.807, 2.05) is 6.92 Å². The Kier molecular flexibility index (Phi) is 7.04. The van der Waals surface area contributed by atoms with Gasteiger partial charge < -0.3 is 5.32 Å². The Morgan fingerprint density at radius 1 is 1.18 bits per heavy atom. The van der Waals surface area contributed by atoms with E-state index in [4.69, 9.17) is 0 Å². The van der Waals surface area contributed by atoms with Crippen molar-refractivity contribution in [3.05, 3.63) is 24.3 Å². The summed E-state index contributed by atoms with van der Waals surface area (Å²) in [6.07, 6.45) is 3.52. The Hall–Kier alpha value is -1.89. The minimum Gasteiger partial charge on any atom is -0.326 e. The maximum atomic E-state index is 12.2. The van der Waals surface area contributed by atoms with Crippen LogP contribution in [0.3, 0.4) is 0 Å². The van der Waals surface area contributed by atoms with Gasteiger partial charge in [0.05, 0.1) is 4.90 Å². The standard InChI is InChI=1S/C15H23N3O3S/c1-4-6-7-13(5-2)17-18-22(20,21)15-10-8-14(9-11-15)16-12(3)19/h8-11,18H,4-7H2,1-3H3,(H,16,19). The zero-order valence-corrected chi connectivity index (χ0v) is 14.0. The molecule has 0 heterocycles. The molecule has 22 heavy (non-hydrogen) atoms. The summed E-state index contributed by atoms with van der Waals surface area (Å²) in [5.41, 5.74) is 1.38. The number of nitrogens with zero attached hydrogens (tertiary/aromatic N) is 1. The van der Waals surface area contributed by atoms with Crippen LogP contribution < -0.4 is 10.1 Å². The summed E-state index contributed by atoms with van der Waals surface area (Å²) in [5.74, 6) is -0.207. The number of hydrazone groups is 1. The Morgan fingerprint density at radius 3 is 2.32 bits per heavy atom. The minimum atomic E-state index is -3.69. The molecule has 1 amide bonds. The van der Waals surface area contributed by atoms with Gasteiger partial charge in [0.1, 0.15) is 0 Å². The second-order valence-electron chi connectivity index (χ2n) is 4.94. The average Bonchev–Trinajstić information content (AvgIpc) is 2.47. The maximum Gasteiger partial charge on any atom is 0.276 e. The van der Waals surface area contributed by atoms with Crippen LogP contribution in [0, 0.1) is 0 Å². The molecular formula is C15H23N3O3S. The molecule has 0 radical (unpaired) electrons. The first kappa shape index (κ1) is 18.2. The molecule has 6 nitrogen and oxygen atoms in total. The Morgan fingerprint density at radius 2 is 1.82 bits per heavy atom. The first-order chi connectivity index (χ1) is 10.4. The number of hydrogen-bond acceptors (Lipinski definition) is 4. The van der Waals surface area contributed by atoms with Crippen molar-refractivity contribution in [1.29, 1.82) is 0 Å². The highest BCUT2D eigenvalue weighted by Gasteiger charge is 2.13. The van der Waals surface area contributed by atoms with Crippen molar-refractivity contribution >= 4 is 27.3 Å². The first-order valence-corrected chi connectivity index (χ1v) is 8.82. The lowest BCUT2D eigenvalue weighted by molar-refractivity contribution is -0.114. The number of hydrogen-bond donors (Lipinski definition) is 2. The lowest BCUT2D eigenvalue weighted by Crippen LogP contribution is -2.20. The number of carbonyl (C=O) groups is 1. The summed E-state index contributed by atoms with van der Waals surface area (Å²) in [7, 11) is -3.69. The fourth-order valence-corrected chi connectivity index (χ4v) is 2.64. The molecule has 0 unspecified atom stereocenters. The van der Waals surface area contributed by atoms with Gasteiger partial charge in [0.15, 0.2) is 0 Å². The van der Waals surface area contributed by atoms with Gasteiger partial charge in [-0.2, -0.15) is 13.5 Å². The monoisotopic (exact) mass is 325 g/mol. The number of nitrogens with one attached hydrogen (secondary N) is 2. The molecule has 0 aliphatic carbocycles. The van der Waals surface area contributed by atoms with Crippen LogP contribution in [0.4, 0.5) is 5.69 Å². The van der Waals surface area contributed by atoms with Crippen molar-refractivity contribution in [2.45, 2.75) is 51.3 Å². The van der Waals surface area contributed by atoms with E-state index in [-0.39, 0.29) is 10.8 Å². The van der Waals surface area contributed by atoms with Gasteiger partial charge in [-0.3, -0.25) is 4.79 Å². The molecular weight excluding hydrogens is 302 g/mol. The highest BCUT2D eigenvalue weighted by atomic mass is 32.2. The van der Waals surface area contributed by atoms with E-state index in [1.54, 1.807) is 0 Å². The second kappa shape index (κ2) is 8.53. The quantitative estimate of drug-likeness (QED) is 0.569. The third-order valence-electron chi connectivity index (χ3n) is 3.04. The molecule has 0 atom stereocenters. The second-order valence-corrected chi connectivity index (χ2v) is 6.60. The largest absolute Gasteiger partial charge is 0.326 e. The van der Waals surface area contributed by atoms with Gasteiger partial charge in [-0.15, -0.1) is 0 Å². The van der Waals surface area contributed by atoms with E-state index in [0.717, 1.165) is 25.0 Å². The zero-order valence-electron chi connectivity index (χ0n) is 13.2. The molecule has 0 aromatic heterocycles. The molecule has 0 saturated carbocycles. The number of carbonyl (C=O) groups excluding carboxylic acids is 1. The highest BCUT2D eigenvalue weighted by Crippen LogP contribution is 2.14. The van der Waals surface area contributed by atoms with Crippen molar-refractivity contribution in [3.8, 4) is 0 Å². The van der Waals surface area contributed by atoms with Gasteiger partial charge >= 0.3 is 0 Å². The summed E-state index contributed by atoms with van der Waals surface area (Å²) in [4.78, 5) is 13.3. The molecule has 1 aromatic carbocycles. The number of sulfonamides is 1. The topological polar surface area (TPSA) is 87.6 Å². The van der Waals surface area contributed by atoms with E-state index in [1.165, 1.54) is 31.2 Å². The average molecular weight is 325 g/mol. The Bertz CT molecular complexity index is 622. The molecule has 1 rings (SSSR count). The molecule has 0 saturated heterocycles. The van der Waals surface area contributed by atoms with Crippen LogP contribution >= 0.6 is 0 Å². The SMILES string of the molecule is CCCCC(CC)=NNS(=O)(=O)c1ccc(NC(C)=O)cc1. The Labute approximate surface area is 132 Å². The van der Waals surface area contributed by atoms with Crippen molar-refractivity contribution in [1.82, 2.24) is 4.83 Å². The van der Waals surface area contributed by atoms with Crippen LogP contribution in [-0.4, -0.2) is 20.0 Å². The summed E-state index contributed by atoms with van der Waals surface area (Å²) in [5, 5.41) is 6.59. The van der Waals surface area contributed by atoms with Gasteiger partial charge in [-0.05, 0) is 43.5 Å². The highest BCUT2D eigenvalue weighted by molar-refractivity contribution is 7.89. The number of unbranched alkanes of at least 4 members (excludes halogenated alkanes) is 1. The molecule has 0 aliphatic rings. The van der Waals surface area contributed by atoms with Crippen LogP contribution in [0.25, 0.3) is 0 Å². The predicted molar refractivity (Wildman–Crippen MR) is 88.3 cm³/mol. The van der Waals surface area contributed by atoms with Crippen LogP contribution in [0.15, 0.2) is 34.3 Å². The van der Waals surface area contributed by atoms with Gasteiger partial charge in [-0.1, -0.05) is 20.3 Å². The molecule has 0 spiro atoms. The number of benzene rings is 1. The molecule has 7 heteroatoms. The van der Waals surface area contributed by atoms with Crippen LogP contribution in [0.1, 0.15) is 46.5 Å². The van der Waals surface area contributed by atoms with E-state index < -0.39 is 10.0 Å². The third kappa shape index (κ3) is 5.85. The van der Waals surface area contributed by atoms with E-state index in [0.29, 0.717) is 12.1 Å². The van der Waals surface area contributed by atoms with Crippen molar-refractivity contribution in [2.24, 2.45) is 5.10 Å². The van der Waals surface area contributed by atoms with Gasteiger partial charge in [0, 0.05) is 18.3 Å². The molecule has 0 bridgehead atoms. The predicted octanol–water partition coefficient (Wildman–Crippen LogP) is 2.88. The first-order valence-electron chi connectivity index (χ1n) is 7.34. The van der Waals surface area contributed by atoms with Crippen molar-refractivity contribution in [2.75, 3.05) is 5.32 Å². The summed E-state index contributed by atoms with van der Waals surface area (Å²) >= 11 is 0. The van der Waals surface area contributed by atoms with Gasteiger partial charge in [0.2, 0.25) is 5.91 Å². The van der Waals surface area contributed by atoms with Gasteiger partial charge in [-0.25, -0.2) is 4.83 Å². The normalized spacial score (nSPS) is 12.0. The number of rotatable bonds is 8. The minimum absolute atomic E-state index is 0.108. The molecule has 0 fully saturated rings. The number of anilines is 1. The molecule has 0 aliphatic heterocycles. The third-order valence-corrected chi connectivity index (χ3v) is 4.26. The summed E-state index contributed by atoms with van der Waals surface area (Å²) in [6.45, 7) is 5.42. The Balaban J connectivity index is 2.81. The fraction of sp³-hybridized carbons (Fsp3) is 0.467. The molecule has 2 N–H and O–H groups in total. The van der Waals surface area contributed by atoms with Crippen molar-refractivity contribution < 1.29 is 13.2 Å². The summed E-state index contributed by atoms with van der Waals surface area (Å²) in [6, 6.07) is 5.94. The van der Waals surface area contributed by atoms with Crippen LogP contribution in [0.2, 0.25) is 0 Å². The lowest BCUT2D eigenvalue weighted by Gasteiger charge is -2.07. The van der Waals surface area contributed by atoms with E-state index >= 15 is 0 Å². The molecule has 122 valence electrons. The zero-order chi connectivity index (χ0) is 16.6. The van der Waals surface area contributed by atoms with E-state index in [9.17, 15) is 13.2 Å². The maximum absolute atomic E-state index is 12.2. The van der Waals surface area contributed by atoms with Crippen molar-refractivity contribution in [3.63, 3.8) is 0 Å². The van der Waals surface area contributed by atoms with E-state index in [2.05, 4.69) is 22.2 Å². The van der Waals surface area contributed by atoms with Gasteiger partial charge in [0.25, 0.3) is 10.0 Å².